The van der Waals surface area contributed by atoms with Gasteiger partial charge >= 0.3 is 0 Å². The number of halogens is 1. The maximum atomic E-state index is 12.1. The van der Waals surface area contributed by atoms with E-state index in [4.69, 9.17) is 0 Å². The van der Waals surface area contributed by atoms with Crippen LogP contribution in [0.2, 0.25) is 0 Å². The molecule has 0 radical (unpaired) electrons. The fourth-order valence-electron chi connectivity index (χ4n) is 1.80. The summed E-state index contributed by atoms with van der Waals surface area (Å²) in [6.07, 6.45) is 0. The van der Waals surface area contributed by atoms with E-state index in [0.717, 1.165) is 22.4 Å². The molecule has 0 aliphatic carbocycles. The van der Waals surface area contributed by atoms with Crippen LogP contribution in [0.1, 0.15) is 16.6 Å². The number of rotatable bonds is 2. The number of carbonyl (C=O) groups excluding carboxylic acids is 1. The standard InChI is InChI=1S/C10H12BrNOS/c1-6-4-12-5-7(6)9(13)10-8(11)2-3-14-10/h2-3,6-7,12H,4-5H2,1H3. The summed E-state index contributed by atoms with van der Waals surface area (Å²) in [4.78, 5) is 12.9. The van der Waals surface area contributed by atoms with Crippen molar-refractivity contribution >= 4 is 33.0 Å². The Balaban J connectivity index is 2.20. The topological polar surface area (TPSA) is 29.1 Å². The molecule has 4 heteroatoms. The summed E-state index contributed by atoms with van der Waals surface area (Å²) in [5.41, 5.74) is 0. The summed E-state index contributed by atoms with van der Waals surface area (Å²) in [5, 5.41) is 5.20. The molecule has 0 spiro atoms. The molecule has 0 bridgehead atoms. The predicted molar refractivity (Wildman–Crippen MR) is 61.9 cm³/mol. The van der Waals surface area contributed by atoms with Gasteiger partial charge in [-0.15, -0.1) is 11.3 Å². The molecular weight excluding hydrogens is 262 g/mol. The van der Waals surface area contributed by atoms with Crippen molar-refractivity contribution in [1.82, 2.24) is 5.32 Å². The Morgan fingerprint density at radius 2 is 2.43 bits per heavy atom. The molecule has 1 aromatic rings. The van der Waals surface area contributed by atoms with Gasteiger partial charge in [0.25, 0.3) is 0 Å². The minimum Gasteiger partial charge on any atom is -0.316 e. The van der Waals surface area contributed by atoms with Crippen LogP contribution < -0.4 is 5.32 Å². The Kier molecular flexibility index (Phi) is 3.04. The Morgan fingerprint density at radius 3 is 2.93 bits per heavy atom. The summed E-state index contributed by atoms with van der Waals surface area (Å²) in [6, 6.07) is 1.94. The first-order valence-corrected chi connectivity index (χ1v) is 6.35. The van der Waals surface area contributed by atoms with Gasteiger partial charge in [0.1, 0.15) is 0 Å². The number of hydrogen-bond donors (Lipinski definition) is 1. The SMILES string of the molecule is CC1CNCC1C(=O)c1sccc1Br. The van der Waals surface area contributed by atoms with Gasteiger partial charge in [-0.2, -0.15) is 0 Å². The molecular formula is C10H12BrNOS. The van der Waals surface area contributed by atoms with E-state index in [0.29, 0.717) is 5.92 Å². The molecule has 76 valence electrons. The zero-order valence-electron chi connectivity index (χ0n) is 7.92. The zero-order valence-corrected chi connectivity index (χ0v) is 10.3. The van der Waals surface area contributed by atoms with E-state index >= 15 is 0 Å². The molecule has 0 saturated carbocycles. The second kappa shape index (κ2) is 4.13. The molecule has 1 aliphatic heterocycles. The van der Waals surface area contributed by atoms with E-state index < -0.39 is 0 Å². The smallest absolute Gasteiger partial charge is 0.178 e. The second-order valence-electron chi connectivity index (χ2n) is 3.70. The van der Waals surface area contributed by atoms with E-state index in [-0.39, 0.29) is 11.7 Å². The zero-order chi connectivity index (χ0) is 10.1. The van der Waals surface area contributed by atoms with Crippen molar-refractivity contribution in [3.63, 3.8) is 0 Å². The fourth-order valence-corrected chi connectivity index (χ4v) is 3.37. The normalized spacial score (nSPS) is 26.7. The van der Waals surface area contributed by atoms with E-state index in [2.05, 4.69) is 28.2 Å². The monoisotopic (exact) mass is 273 g/mol. The third kappa shape index (κ3) is 1.78. The van der Waals surface area contributed by atoms with Crippen LogP contribution in [0.3, 0.4) is 0 Å². The Hall–Kier alpha value is -0.190. The summed E-state index contributed by atoms with van der Waals surface area (Å²) >= 11 is 4.93. The van der Waals surface area contributed by atoms with Crippen LogP contribution in [0.4, 0.5) is 0 Å². The summed E-state index contributed by atoms with van der Waals surface area (Å²) in [6.45, 7) is 3.91. The first-order chi connectivity index (χ1) is 6.70. The van der Waals surface area contributed by atoms with Crippen molar-refractivity contribution in [2.24, 2.45) is 11.8 Å². The Morgan fingerprint density at radius 1 is 1.64 bits per heavy atom. The number of hydrogen-bond acceptors (Lipinski definition) is 3. The van der Waals surface area contributed by atoms with Gasteiger partial charge in [0, 0.05) is 16.9 Å². The highest BCUT2D eigenvalue weighted by molar-refractivity contribution is 9.10. The lowest BCUT2D eigenvalue weighted by molar-refractivity contribution is 0.0911. The highest BCUT2D eigenvalue weighted by atomic mass is 79.9. The average molecular weight is 274 g/mol. The molecule has 1 N–H and O–H groups in total. The minimum absolute atomic E-state index is 0.157. The summed E-state index contributed by atoms with van der Waals surface area (Å²) in [7, 11) is 0. The average Bonchev–Trinajstić information content (AvgIpc) is 2.73. The van der Waals surface area contributed by atoms with Crippen LogP contribution in [0.25, 0.3) is 0 Å². The van der Waals surface area contributed by atoms with Gasteiger partial charge in [-0.25, -0.2) is 0 Å². The molecule has 1 aromatic heterocycles. The van der Waals surface area contributed by atoms with Crippen LogP contribution in [-0.2, 0) is 0 Å². The minimum atomic E-state index is 0.157. The highest BCUT2D eigenvalue weighted by Crippen LogP contribution is 2.29. The van der Waals surface area contributed by atoms with Gasteiger partial charge in [0.15, 0.2) is 5.78 Å². The van der Waals surface area contributed by atoms with Crippen molar-refractivity contribution in [3.8, 4) is 0 Å². The molecule has 1 fully saturated rings. The molecule has 2 heterocycles. The van der Waals surface area contributed by atoms with Gasteiger partial charge in [0.05, 0.1) is 4.88 Å². The van der Waals surface area contributed by atoms with E-state index in [1.165, 1.54) is 11.3 Å². The lowest BCUT2D eigenvalue weighted by atomic mass is 9.93. The third-order valence-electron chi connectivity index (χ3n) is 2.70. The number of Topliss-reactive ketones (excluding diaryl/α,β-unsaturated/α-hetero) is 1. The van der Waals surface area contributed by atoms with E-state index in [1.807, 2.05) is 11.4 Å². The second-order valence-corrected chi connectivity index (χ2v) is 5.47. The van der Waals surface area contributed by atoms with Crippen molar-refractivity contribution in [2.45, 2.75) is 6.92 Å². The molecule has 14 heavy (non-hydrogen) atoms. The molecule has 1 aliphatic rings. The van der Waals surface area contributed by atoms with Crippen LogP contribution in [-0.4, -0.2) is 18.9 Å². The van der Waals surface area contributed by atoms with Crippen LogP contribution in [0.5, 0.6) is 0 Å². The van der Waals surface area contributed by atoms with Gasteiger partial charge in [-0.05, 0) is 39.8 Å². The van der Waals surface area contributed by atoms with Crippen LogP contribution in [0.15, 0.2) is 15.9 Å². The fraction of sp³-hybridized carbons (Fsp3) is 0.500. The van der Waals surface area contributed by atoms with Gasteiger partial charge < -0.3 is 5.32 Å². The Bertz CT molecular complexity index is 350. The maximum Gasteiger partial charge on any atom is 0.178 e. The molecule has 2 atom stereocenters. The quantitative estimate of drug-likeness (QED) is 0.840. The number of ketones is 1. The van der Waals surface area contributed by atoms with Crippen molar-refractivity contribution < 1.29 is 4.79 Å². The summed E-state index contributed by atoms with van der Waals surface area (Å²) < 4.78 is 0.937. The molecule has 0 amide bonds. The Labute approximate surface area is 95.8 Å². The van der Waals surface area contributed by atoms with E-state index in [9.17, 15) is 4.79 Å². The number of nitrogens with one attached hydrogen (secondary N) is 1. The van der Waals surface area contributed by atoms with Gasteiger partial charge in [-0.1, -0.05) is 6.92 Å². The third-order valence-corrected chi connectivity index (χ3v) is 4.55. The molecule has 2 nitrogen and oxygen atoms in total. The van der Waals surface area contributed by atoms with Crippen molar-refractivity contribution in [1.29, 1.82) is 0 Å². The molecule has 1 saturated heterocycles. The van der Waals surface area contributed by atoms with Crippen LogP contribution in [0, 0.1) is 11.8 Å². The predicted octanol–water partition coefficient (Wildman–Crippen LogP) is 2.55. The van der Waals surface area contributed by atoms with Gasteiger partial charge in [-0.3, -0.25) is 4.79 Å². The highest BCUT2D eigenvalue weighted by Gasteiger charge is 2.31. The van der Waals surface area contributed by atoms with Crippen molar-refractivity contribution in [2.75, 3.05) is 13.1 Å². The largest absolute Gasteiger partial charge is 0.316 e. The number of carbonyl (C=O) groups is 1. The van der Waals surface area contributed by atoms with Gasteiger partial charge in [0.2, 0.25) is 0 Å². The lowest BCUT2D eigenvalue weighted by Crippen LogP contribution is -2.20. The summed E-state index contributed by atoms with van der Waals surface area (Å²) in [5.74, 6) is 0.894. The first kappa shape index (κ1) is 10.3. The molecule has 0 aromatic carbocycles. The maximum absolute atomic E-state index is 12.1. The molecule has 2 rings (SSSR count). The number of thiophene rings is 1. The van der Waals surface area contributed by atoms with E-state index in [1.54, 1.807) is 0 Å². The van der Waals surface area contributed by atoms with Crippen LogP contribution >= 0.6 is 27.3 Å². The first-order valence-electron chi connectivity index (χ1n) is 4.68. The molecule has 2 unspecified atom stereocenters. The lowest BCUT2D eigenvalue weighted by Gasteiger charge is -2.11. The van der Waals surface area contributed by atoms with Crippen molar-refractivity contribution in [3.05, 3.63) is 20.8 Å².